The van der Waals surface area contributed by atoms with Crippen molar-refractivity contribution in [2.45, 2.75) is 20.0 Å². The van der Waals surface area contributed by atoms with E-state index in [4.69, 9.17) is 32.7 Å². The molecule has 25 heavy (non-hydrogen) atoms. The van der Waals surface area contributed by atoms with E-state index in [9.17, 15) is 9.59 Å². The van der Waals surface area contributed by atoms with E-state index in [2.05, 4.69) is 5.32 Å². The number of benzene rings is 2. The first-order valence-corrected chi connectivity index (χ1v) is 8.36. The molecule has 0 unspecified atom stereocenters. The molecule has 0 aliphatic heterocycles. The van der Waals surface area contributed by atoms with Crippen molar-refractivity contribution in [1.82, 2.24) is 0 Å². The average molecular weight is 382 g/mol. The van der Waals surface area contributed by atoms with Crippen molar-refractivity contribution in [2.75, 3.05) is 11.9 Å². The Labute approximate surface area is 155 Å². The molecule has 1 amide bonds. The largest absolute Gasteiger partial charge is 0.494 e. The maximum absolute atomic E-state index is 12.1. The molecule has 132 valence electrons. The van der Waals surface area contributed by atoms with E-state index >= 15 is 0 Å². The number of nitrogens with one attached hydrogen (secondary N) is 1. The molecule has 0 radical (unpaired) electrons. The predicted octanol–water partition coefficient (Wildman–Crippen LogP) is 4.58. The van der Waals surface area contributed by atoms with Gasteiger partial charge in [0.15, 0.2) is 6.10 Å². The summed E-state index contributed by atoms with van der Waals surface area (Å²) in [6, 6.07) is 11.3. The van der Waals surface area contributed by atoms with Gasteiger partial charge in [-0.3, -0.25) is 4.79 Å². The van der Waals surface area contributed by atoms with Crippen LogP contribution in [0.3, 0.4) is 0 Å². The number of ether oxygens (including phenoxy) is 2. The van der Waals surface area contributed by atoms with Gasteiger partial charge in [0.25, 0.3) is 5.91 Å². The molecular weight excluding hydrogens is 365 g/mol. The highest BCUT2D eigenvalue weighted by molar-refractivity contribution is 6.42. The molecular formula is C18H17Cl2NO4. The van der Waals surface area contributed by atoms with Crippen LogP contribution in [0.2, 0.25) is 10.0 Å². The number of hydrogen-bond acceptors (Lipinski definition) is 4. The highest BCUT2D eigenvalue weighted by Gasteiger charge is 2.19. The van der Waals surface area contributed by atoms with Gasteiger partial charge in [-0.2, -0.15) is 0 Å². The monoisotopic (exact) mass is 381 g/mol. The third-order valence-corrected chi connectivity index (χ3v) is 3.98. The lowest BCUT2D eigenvalue weighted by Crippen LogP contribution is -2.30. The molecule has 0 fully saturated rings. The number of rotatable bonds is 6. The van der Waals surface area contributed by atoms with Crippen LogP contribution < -0.4 is 10.1 Å². The van der Waals surface area contributed by atoms with Gasteiger partial charge in [0.1, 0.15) is 5.75 Å². The van der Waals surface area contributed by atoms with Gasteiger partial charge in [0.05, 0.1) is 22.2 Å². The third-order valence-electron chi connectivity index (χ3n) is 3.24. The second kappa shape index (κ2) is 8.74. The first-order chi connectivity index (χ1) is 11.9. The Morgan fingerprint density at radius 3 is 2.36 bits per heavy atom. The van der Waals surface area contributed by atoms with Gasteiger partial charge < -0.3 is 14.8 Å². The summed E-state index contributed by atoms with van der Waals surface area (Å²) in [6.07, 6.45) is -0.978. The summed E-state index contributed by atoms with van der Waals surface area (Å²) in [5, 5.41) is 3.24. The van der Waals surface area contributed by atoms with E-state index in [1.807, 2.05) is 6.92 Å². The highest BCUT2D eigenvalue weighted by atomic mass is 35.5. The van der Waals surface area contributed by atoms with Crippen LogP contribution in [0, 0.1) is 0 Å². The molecule has 2 rings (SSSR count). The van der Waals surface area contributed by atoms with E-state index in [-0.39, 0.29) is 10.6 Å². The van der Waals surface area contributed by atoms with Gasteiger partial charge in [-0.15, -0.1) is 0 Å². The second-order valence-electron chi connectivity index (χ2n) is 5.12. The van der Waals surface area contributed by atoms with Crippen molar-refractivity contribution in [3.63, 3.8) is 0 Å². The van der Waals surface area contributed by atoms with Gasteiger partial charge in [-0.05, 0) is 56.3 Å². The Balaban J connectivity index is 1.94. The van der Waals surface area contributed by atoms with Gasteiger partial charge in [0.2, 0.25) is 0 Å². The maximum atomic E-state index is 12.1. The molecule has 0 saturated carbocycles. The minimum absolute atomic E-state index is 0.218. The first-order valence-electron chi connectivity index (χ1n) is 7.60. The number of hydrogen-bond donors (Lipinski definition) is 1. The summed E-state index contributed by atoms with van der Waals surface area (Å²) in [5.74, 6) is -0.398. The van der Waals surface area contributed by atoms with Crippen LogP contribution in [0.1, 0.15) is 24.2 Å². The van der Waals surface area contributed by atoms with Gasteiger partial charge in [-0.25, -0.2) is 4.79 Å². The van der Waals surface area contributed by atoms with Crippen molar-refractivity contribution < 1.29 is 19.1 Å². The van der Waals surface area contributed by atoms with Crippen molar-refractivity contribution >= 4 is 40.8 Å². The molecule has 0 bridgehead atoms. The lowest BCUT2D eigenvalue weighted by Gasteiger charge is -2.14. The van der Waals surface area contributed by atoms with Crippen LogP contribution in [0.25, 0.3) is 0 Å². The van der Waals surface area contributed by atoms with E-state index in [1.165, 1.54) is 25.1 Å². The normalized spacial score (nSPS) is 11.5. The van der Waals surface area contributed by atoms with Crippen molar-refractivity contribution in [3.8, 4) is 5.75 Å². The van der Waals surface area contributed by atoms with Crippen molar-refractivity contribution in [2.24, 2.45) is 0 Å². The minimum Gasteiger partial charge on any atom is -0.494 e. The summed E-state index contributed by atoms with van der Waals surface area (Å²) in [7, 11) is 0. The molecule has 0 spiro atoms. The fourth-order valence-corrected chi connectivity index (χ4v) is 2.25. The Morgan fingerprint density at radius 1 is 1.08 bits per heavy atom. The number of anilines is 1. The number of carbonyl (C=O) groups excluding carboxylic acids is 2. The molecule has 2 aromatic carbocycles. The molecule has 5 nitrogen and oxygen atoms in total. The Morgan fingerprint density at radius 2 is 1.76 bits per heavy atom. The van der Waals surface area contributed by atoms with Crippen LogP contribution in [0.15, 0.2) is 42.5 Å². The average Bonchev–Trinajstić information content (AvgIpc) is 2.59. The fourth-order valence-electron chi connectivity index (χ4n) is 1.95. The summed E-state index contributed by atoms with van der Waals surface area (Å²) in [6.45, 7) is 3.94. The Hall–Kier alpha value is -2.24. The molecule has 0 heterocycles. The summed E-state index contributed by atoms with van der Waals surface area (Å²) in [5.41, 5.74) is 0.793. The quantitative estimate of drug-likeness (QED) is 0.743. The third kappa shape index (κ3) is 5.37. The summed E-state index contributed by atoms with van der Waals surface area (Å²) in [4.78, 5) is 24.2. The van der Waals surface area contributed by atoms with Crippen LogP contribution in [0.5, 0.6) is 5.75 Å². The van der Waals surface area contributed by atoms with E-state index in [0.29, 0.717) is 23.1 Å². The Kier molecular flexibility index (Phi) is 6.67. The number of halogens is 2. The number of carbonyl (C=O) groups is 2. The van der Waals surface area contributed by atoms with Gasteiger partial charge in [-0.1, -0.05) is 23.2 Å². The lowest BCUT2D eigenvalue weighted by molar-refractivity contribution is -0.123. The topological polar surface area (TPSA) is 64.6 Å². The zero-order valence-corrected chi connectivity index (χ0v) is 15.2. The lowest BCUT2D eigenvalue weighted by atomic mass is 10.2. The van der Waals surface area contributed by atoms with Gasteiger partial charge >= 0.3 is 5.97 Å². The van der Waals surface area contributed by atoms with E-state index in [0.717, 1.165) is 0 Å². The molecule has 0 aliphatic carbocycles. The molecule has 2 aromatic rings. The fraction of sp³-hybridized carbons (Fsp3) is 0.222. The summed E-state index contributed by atoms with van der Waals surface area (Å²) >= 11 is 11.7. The maximum Gasteiger partial charge on any atom is 0.338 e. The molecule has 1 N–H and O–H groups in total. The van der Waals surface area contributed by atoms with Gasteiger partial charge in [0, 0.05) is 5.69 Å². The smallest absolute Gasteiger partial charge is 0.338 e. The summed E-state index contributed by atoms with van der Waals surface area (Å²) < 4.78 is 10.5. The van der Waals surface area contributed by atoms with Crippen LogP contribution in [-0.2, 0) is 9.53 Å². The molecule has 0 saturated heterocycles. The second-order valence-corrected chi connectivity index (χ2v) is 5.94. The zero-order valence-electron chi connectivity index (χ0n) is 13.7. The van der Waals surface area contributed by atoms with Crippen LogP contribution >= 0.6 is 23.2 Å². The van der Waals surface area contributed by atoms with Crippen LogP contribution in [-0.4, -0.2) is 24.6 Å². The van der Waals surface area contributed by atoms with E-state index in [1.54, 1.807) is 24.3 Å². The standard InChI is InChI=1S/C18H17Cl2NO4/c1-3-24-14-7-5-13(6-8-14)21-17(22)11(2)25-18(23)12-4-9-15(19)16(20)10-12/h4-11H,3H2,1-2H3,(H,21,22)/t11-/m0/s1. The van der Waals surface area contributed by atoms with Crippen molar-refractivity contribution in [3.05, 3.63) is 58.1 Å². The molecule has 0 aliphatic rings. The SMILES string of the molecule is CCOc1ccc(NC(=O)[C@H](C)OC(=O)c2ccc(Cl)c(Cl)c2)cc1. The number of esters is 1. The highest BCUT2D eigenvalue weighted by Crippen LogP contribution is 2.23. The predicted molar refractivity (Wildman–Crippen MR) is 97.6 cm³/mol. The van der Waals surface area contributed by atoms with E-state index < -0.39 is 18.0 Å². The first kappa shape index (κ1) is 19.1. The number of amides is 1. The van der Waals surface area contributed by atoms with Crippen molar-refractivity contribution in [1.29, 1.82) is 0 Å². The molecule has 0 aromatic heterocycles. The Bertz CT molecular complexity index is 762. The van der Waals surface area contributed by atoms with Crippen LogP contribution in [0.4, 0.5) is 5.69 Å². The molecule has 1 atom stereocenters. The molecule has 7 heteroatoms. The minimum atomic E-state index is -0.978. The zero-order chi connectivity index (χ0) is 18.4.